The molecule has 1 heterocycles. The Morgan fingerprint density at radius 2 is 2.09 bits per heavy atom. The number of aryl methyl sites for hydroxylation is 1. The van der Waals surface area contributed by atoms with Crippen molar-refractivity contribution in [2.45, 2.75) is 52.0 Å². The van der Waals surface area contributed by atoms with Crippen molar-refractivity contribution in [3.63, 3.8) is 0 Å². The molecule has 1 aromatic carbocycles. The Balaban J connectivity index is 1.66. The molecular formula is C18H23N3O2. The third-order valence-corrected chi connectivity index (χ3v) is 4.42. The van der Waals surface area contributed by atoms with E-state index in [1.54, 1.807) is 0 Å². The van der Waals surface area contributed by atoms with Gasteiger partial charge in [-0.25, -0.2) is 0 Å². The smallest absolute Gasteiger partial charge is 0.249 e. The molecule has 1 atom stereocenters. The van der Waals surface area contributed by atoms with E-state index in [1.165, 1.54) is 6.42 Å². The highest BCUT2D eigenvalue weighted by atomic mass is 16.5. The average molecular weight is 313 g/mol. The Morgan fingerprint density at radius 1 is 1.30 bits per heavy atom. The summed E-state index contributed by atoms with van der Waals surface area (Å²) < 4.78 is 5.33. The third kappa shape index (κ3) is 3.78. The summed E-state index contributed by atoms with van der Waals surface area (Å²) in [5.41, 5.74) is 2.07. The van der Waals surface area contributed by atoms with Gasteiger partial charge in [-0.1, -0.05) is 48.2 Å². The van der Waals surface area contributed by atoms with E-state index in [1.807, 2.05) is 38.1 Å². The summed E-state index contributed by atoms with van der Waals surface area (Å²) in [5.74, 6) is 1.24. The Morgan fingerprint density at radius 3 is 2.83 bits per heavy atom. The van der Waals surface area contributed by atoms with Crippen LogP contribution in [0.3, 0.4) is 0 Å². The third-order valence-electron chi connectivity index (χ3n) is 4.42. The van der Waals surface area contributed by atoms with E-state index in [0.717, 1.165) is 36.8 Å². The number of benzene rings is 1. The van der Waals surface area contributed by atoms with Crippen molar-refractivity contribution in [2.24, 2.45) is 5.92 Å². The van der Waals surface area contributed by atoms with Crippen LogP contribution in [0.5, 0.6) is 0 Å². The van der Waals surface area contributed by atoms with Gasteiger partial charge in [0.1, 0.15) is 6.04 Å². The van der Waals surface area contributed by atoms with Gasteiger partial charge in [0.25, 0.3) is 0 Å². The molecule has 1 amide bonds. The summed E-state index contributed by atoms with van der Waals surface area (Å²) >= 11 is 0. The zero-order valence-electron chi connectivity index (χ0n) is 13.7. The molecule has 0 spiro atoms. The SMILES string of the molecule is Cc1cccc(-c2noc(C(C)NC(=O)C3CCCCC3)n2)c1. The maximum Gasteiger partial charge on any atom is 0.249 e. The second-order valence-corrected chi connectivity index (χ2v) is 6.39. The van der Waals surface area contributed by atoms with E-state index in [9.17, 15) is 4.79 Å². The average Bonchev–Trinajstić information content (AvgIpc) is 3.06. The number of nitrogens with zero attached hydrogens (tertiary/aromatic N) is 2. The monoisotopic (exact) mass is 313 g/mol. The number of nitrogens with one attached hydrogen (secondary N) is 1. The first-order valence-corrected chi connectivity index (χ1v) is 8.34. The number of aromatic nitrogens is 2. The normalized spacial score (nSPS) is 17.0. The van der Waals surface area contributed by atoms with Crippen LogP contribution in [0.15, 0.2) is 28.8 Å². The van der Waals surface area contributed by atoms with Crippen molar-refractivity contribution in [2.75, 3.05) is 0 Å². The summed E-state index contributed by atoms with van der Waals surface area (Å²) in [7, 11) is 0. The molecule has 1 aliphatic rings. The zero-order chi connectivity index (χ0) is 16.2. The molecule has 1 fully saturated rings. The van der Waals surface area contributed by atoms with Crippen LogP contribution in [0, 0.1) is 12.8 Å². The van der Waals surface area contributed by atoms with Crippen LogP contribution < -0.4 is 5.32 Å². The van der Waals surface area contributed by atoms with Crippen molar-refractivity contribution >= 4 is 5.91 Å². The van der Waals surface area contributed by atoms with E-state index in [-0.39, 0.29) is 17.9 Å². The van der Waals surface area contributed by atoms with Gasteiger partial charge in [0.2, 0.25) is 17.6 Å². The second kappa shape index (κ2) is 6.94. The fourth-order valence-corrected chi connectivity index (χ4v) is 3.07. The first-order valence-electron chi connectivity index (χ1n) is 8.34. The first kappa shape index (κ1) is 15.7. The Kier molecular flexibility index (Phi) is 4.74. The van der Waals surface area contributed by atoms with Crippen molar-refractivity contribution in [3.05, 3.63) is 35.7 Å². The topological polar surface area (TPSA) is 68.0 Å². The van der Waals surface area contributed by atoms with Gasteiger partial charge < -0.3 is 9.84 Å². The number of carbonyl (C=O) groups excluding carboxylic acids is 1. The van der Waals surface area contributed by atoms with Crippen LogP contribution in [0.1, 0.15) is 56.5 Å². The maximum absolute atomic E-state index is 12.3. The molecule has 2 aromatic rings. The van der Waals surface area contributed by atoms with Gasteiger partial charge >= 0.3 is 0 Å². The molecule has 1 aromatic heterocycles. The molecule has 1 unspecified atom stereocenters. The molecule has 1 N–H and O–H groups in total. The van der Waals surface area contributed by atoms with Gasteiger partial charge in [0.05, 0.1) is 0 Å². The molecule has 3 rings (SSSR count). The number of carbonyl (C=O) groups is 1. The molecule has 5 heteroatoms. The quantitative estimate of drug-likeness (QED) is 0.932. The lowest BCUT2D eigenvalue weighted by Gasteiger charge is -2.22. The maximum atomic E-state index is 12.3. The predicted molar refractivity (Wildman–Crippen MR) is 87.6 cm³/mol. The Labute approximate surface area is 136 Å². The van der Waals surface area contributed by atoms with Crippen molar-refractivity contribution in [1.82, 2.24) is 15.5 Å². The van der Waals surface area contributed by atoms with E-state index in [0.29, 0.717) is 11.7 Å². The van der Waals surface area contributed by atoms with E-state index in [2.05, 4.69) is 15.5 Å². The molecule has 0 aliphatic heterocycles. The van der Waals surface area contributed by atoms with Gasteiger partial charge in [-0.3, -0.25) is 4.79 Å². The Hall–Kier alpha value is -2.17. The highest BCUT2D eigenvalue weighted by Gasteiger charge is 2.24. The lowest BCUT2D eigenvalue weighted by molar-refractivity contribution is -0.126. The second-order valence-electron chi connectivity index (χ2n) is 6.39. The predicted octanol–water partition coefficient (Wildman–Crippen LogP) is 3.80. The van der Waals surface area contributed by atoms with Gasteiger partial charge in [-0.2, -0.15) is 4.98 Å². The van der Waals surface area contributed by atoms with Gasteiger partial charge in [0.15, 0.2) is 0 Å². The van der Waals surface area contributed by atoms with Crippen LogP contribution >= 0.6 is 0 Å². The number of rotatable bonds is 4. The van der Waals surface area contributed by atoms with Gasteiger partial charge in [-0.05, 0) is 32.8 Å². The minimum Gasteiger partial charge on any atom is -0.344 e. The standard InChI is InChI=1S/C18H23N3O2/c1-12-7-6-10-15(11-12)16-20-18(23-21-16)13(2)19-17(22)14-8-4-3-5-9-14/h6-7,10-11,13-14H,3-5,8-9H2,1-2H3,(H,19,22). The lowest BCUT2D eigenvalue weighted by Crippen LogP contribution is -2.33. The van der Waals surface area contributed by atoms with E-state index in [4.69, 9.17) is 4.52 Å². The molecule has 0 radical (unpaired) electrons. The van der Waals surface area contributed by atoms with Gasteiger partial charge in [0, 0.05) is 11.5 Å². The molecule has 1 aliphatic carbocycles. The minimum absolute atomic E-state index is 0.104. The summed E-state index contributed by atoms with van der Waals surface area (Å²) in [4.78, 5) is 16.7. The largest absolute Gasteiger partial charge is 0.344 e. The summed E-state index contributed by atoms with van der Waals surface area (Å²) in [6, 6.07) is 7.69. The van der Waals surface area contributed by atoms with Gasteiger partial charge in [-0.15, -0.1) is 0 Å². The highest BCUT2D eigenvalue weighted by molar-refractivity contribution is 5.79. The van der Waals surface area contributed by atoms with Crippen LogP contribution in [0.4, 0.5) is 0 Å². The molecule has 0 bridgehead atoms. The highest BCUT2D eigenvalue weighted by Crippen LogP contribution is 2.25. The van der Waals surface area contributed by atoms with Crippen molar-refractivity contribution in [1.29, 1.82) is 0 Å². The molecule has 0 saturated heterocycles. The molecular weight excluding hydrogens is 290 g/mol. The molecule has 1 saturated carbocycles. The van der Waals surface area contributed by atoms with Crippen LogP contribution in [0.25, 0.3) is 11.4 Å². The lowest BCUT2D eigenvalue weighted by atomic mass is 9.88. The number of hydrogen-bond acceptors (Lipinski definition) is 4. The van der Waals surface area contributed by atoms with Crippen molar-refractivity contribution < 1.29 is 9.32 Å². The van der Waals surface area contributed by atoms with Crippen LogP contribution in [-0.4, -0.2) is 16.0 Å². The van der Waals surface area contributed by atoms with E-state index < -0.39 is 0 Å². The number of hydrogen-bond donors (Lipinski definition) is 1. The number of amides is 1. The summed E-state index contributed by atoms with van der Waals surface area (Å²) in [6.45, 7) is 3.91. The minimum atomic E-state index is -0.268. The Bertz CT molecular complexity index is 674. The summed E-state index contributed by atoms with van der Waals surface area (Å²) in [5, 5.41) is 7.04. The zero-order valence-corrected chi connectivity index (χ0v) is 13.7. The molecule has 122 valence electrons. The van der Waals surface area contributed by atoms with E-state index >= 15 is 0 Å². The van der Waals surface area contributed by atoms with Crippen molar-refractivity contribution in [3.8, 4) is 11.4 Å². The molecule has 23 heavy (non-hydrogen) atoms. The first-order chi connectivity index (χ1) is 11.1. The fraction of sp³-hybridized carbons (Fsp3) is 0.500. The van der Waals surface area contributed by atoms with Crippen LogP contribution in [-0.2, 0) is 4.79 Å². The molecule has 5 nitrogen and oxygen atoms in total. The van der Waals surface area contributed by atoms with Crippen LogP contribution in [0.2, 0.25) is 0 Å². The summed E-state index contributed by atoms with van der Waals surface area (Å²) in [6.07, 6.45) is 5.49. The fourth-order valence-electron chi connectivity index (χ4n) is 3.07.